The maximum atomic E-state index is 13.0. The molecule has 0 bridgehead atoms. The van der Waals surface area contributed by atoms with E-state index in [1.165, 1.54) is 56.6 Å². The van der Waals surface area contributed by atoms with E-state index >= 15 is 0 Å². The number of rotatable bonds is 5. The molecule has 1 aliphatic rings. The summed E-state index contributed by atoms with van der Waals surface area (Å²) in [5, 5.41) is 3.68. The van der Waals surface area contributed by atoms with Gasteiger partial charge in [0.05, 0.1) is 6.54 Å². The summed E-state index contributed by atoms with van der Waals surface area (Å²) in [6, 6.07) is 10.5. The number of aromatic nitrogens is 4. The van der Waals surface area contributed by atoms with Gasteiger partial charge in [0, 0.05) is 26.7 Å². The van der Waals surface area contributed by atoms with Gasteiger partial charge in [-0.2, -0.15) is 0 Å². The van der Waals surface area contributed by atoms with Gasteiger partial charge >= 0.3 is 5.69 Å². The Morgan fingerprint density at radius 3 is 2.33 bits per heavy atom. The molecular weight excluding hydrogens is 378 g/mol. The van der Waals surface area contributed by atoms with Gasteiger partial charge in [-0.25, -0.2) is 9.78 Å². The molecule has 30 heavy (non-hydrogen) atoms. The van der Waals surface area contributed by atoms with Crippen LogP contribution in [-0.4, -0.2) is 24.7 Å². The maximum absolute atomic E-state index is 13.0. The molecule has 2 heterocycles. The van der Waals surface area contributed by atoms with Gasteiger partial charge in [-0.05, 0) is 18.4 Å². The number of benzene rings is 1. The molecule has 0 amide bonds. The number of fused-ring (bicyclic) bond motifs is 1. The van der Waals surface area contributed by atoms with Crippen LogP contribution in [0.1, 0.15) is 56.3 Å². The molecule has 7 heteroatoms. The van der Waals surface area contributed by atoms with E-state index in [9.17, 15) is 9.59 Å². The van der Waals surface area contributed by atoms with Crippen molar-refractivity contribution in [2.75, 3.05) is 0 Å². The van der Waals surface area contributed by atoms with Gasteiger partial charge in [0.2, 0.25) is 0 Å². The molecule has 3 aromatic rings. The van der Waals surface area contributed by atoms with Crippen molar-refractivity contribution >= 4 is 11.2 Å². The summed E-state index contributed by atoms with van der Waals surface area (Å²) in [5.41, 5.74) is 1.39. The van der Waals surface area contributed by atoms with Crippen molar-refractivity contribution in [1.82, 2.24) is 24.0 Å². The number of nitrogens with one attached hydrogen (secondary N) is 1. The highest BCUT2D eigenvalue weighted by Crippen LogP contribution is 2.19. The number of nitrogens with zero attached hydrogens (tertiary/aromatic N) is 4. The molecule has 0 unspecified atom stereocenters. The molecule has 7 nitrogen and oxygen atoms in total. The summed E-state index contributed by atoms with van der Waals surface area (Å²) in [4.78, 5) is 30.2. The van der Waals surface area contributed by atoms with Crippen LogP contribution in [0.3, 0.4) is 0 Å². The third-order valence-corrected chi connectivity index (χ3v) is 6.26. The van der Waals surface area contributed by atoms with E-state index in [0.717, 1.165) is 16.0 Å². The van der Waals surface area contributed by atoms with Gasteiger partial charge in [-0.1, -0.05) is 62.4 Å². The number of aryl methyl sites for hydroxylation is 1. The van der Waals surface area contributed by atoms with Crippen LogP contribution in [0.15, 0.2) is 39.9 Å². The predicted molar refractivity (Wildman–Crippen MR) is 119 cm³/mol. The highest BCUT2D eigenvalue weighted by molar-refractivity contribution is 5.71. The average molecular weight is 410 g/mol. The normalized spacial score (nSPS) is 15.9. The van der Waals surface area contributed by atoms with Crippen LogP contribution < -0.4 is 16.6 Å². The van der Waals surface area contributed by atoms with Crippen LogP contribution in [-0.2, 0) is 27.2 Å². The van der Waals surface area contributed by atoms with Gasteiger partial charge < -0.3 is 9.88 Å². The van der Waals surface area contributed by atoms with Crippen LogP contribution in [0.25, 0.3) is 11.2 Å². The van der Waals surface area contributed by atoms with E-state index in [4.69, 9.17) is 4.98 Å². The lowest BCUT2D eigenvalue weighted by atomic mass is 9.97. The van der Waals surface area contributed by atoms with Crippen molar-refractivity contribution in [3.8, 4) is 0 Å². The topological polar surface area (TPSA) is 73.8 Å². The van der Waals surface area contributed by atoms with Crippen molar-refractivity contribution in [1.29, 1.82) is 0 Å². The Labute approximate surface area is 176 Å². The summed E-state index contributed by atoms with van der Waals surface area (Å²) in [6.07, 6.45) is 8.83. The predicted octanol–water partition coefficient (Wildman–Crippen LogP) is 2.68. The van der Waals surface area contributed by atoms with E-state index in [1.807, 2.05) is 34.9 Å². The average Bonchev–Trinajstić information content (AvgIpc) is 3.09. The summed E-state index contributed by atoms with van der Waals surface area (Å²) >= 11 is 0. The molecule has 1 N–H and O–H groups in total. The Kier molecular flexibility index (Phi) is 6.18. The second-order valence-corrected chi connectivity index (χ2v) is 8.40. The Hall–Kier alpha value is -2.67. The van der Waals surface area contributed by atoms with E-state index < -0.39 is 0 Å². The molecule has 0 saturated heterocycles. The highest BCUT2D eigenvalue weighted by Gasteiger charge is 2.20. The van der Waals surface area contributed by atoms with Crippen molar-refractivity contribution in [3.05, 3.63) is 62.6 Å². The molecule has 1 saturated carbocycles. The zero-order chi connectivity index (χ0) is 21.1. The Bertz CT molecular complexity index is 1120. The summed E-state index contributed by atoms with van der Waals surface area (Å²) in [6.45, 7) is 1.13. The van der Waals surface area contributed by atoms with Gasteiger partial charge in [0.1, 0.15) is 5.82 Å². The zero-order valence-electron chi connectivity index (χ0n) is 17.9. The van der Waals surface area contributed by atoms with E-state index in [1.54, 1.807) is 7.05 Å². The lowest BCUT2D eigenvalue weighted by Crippen LogP contribution is -2.37. The summed E-state index contributed by atoms with van der Waals surface area (Å²) in [7, 11) is 3.20. The molecule has 160 valence electrons. The summed E-state index contributed by atoms with van der Waals surface area (Å²) in [5.74, 6) is 0.800. The highest BCUT2D eigenvalue weighted by atomic mass is 16.2. The van der Waals surface area contributed by atoms with Gasteiger partial charge in [-0.15, -0.1) is 0 Å². The largest absolute Gasteiger partial charge is 0.332 e. The fourth-order valence-electron chi connectivity index (χ4n) is 4.46. The van der Waals surface area contributed by atoms with Crippen molar-refractivity contribution in [3.63, 3.8) is 0 Å². The Morgan fingerprint density at radius 1 is 0.967 bits per heavy atom. The first-order valence-electron chi connectivity index (χ1n) is 11.0. The SMILES string of the molecule is Cn1c(=O)c2c(nc(CNC3CCCCCCC3)n2Cc2ccccc2)n(C)c1=O. The molecular formula is C23H31N5O2. The fourth-order valence-corrected chi connectivity index (χ4v) is 4.46. The molecule has 0 spiro atoms. The molecule has 0 aliphatic heterocycles. The van der Waals surface area contributed by atoms with E-state index in [0.29, 0.717) is 30.3 Å². The Balaban J connectivity index is 1.72. The molecule has 1 aromatic carbocycles. The maximum Gasteiger partial charge on any atom is 0.332 e. The third-order valence-electron chi connectivity index (χ3n) is 6.26. The Morgan fingerprint density at radius 2 is 1.63 bits per heavy atom. The first-order chi connectivity index (χ1) is 14.6. The minimum absolute atomic E-state index is 0.297. The van der Waals surface area contributed by atoms with Crippen LogP contribution in [0.5, 0.6) is 0 Å². The molecule has 0 atom stereocenters. The standard InChI is InChI=1S/C23H31N5O2/c1-26-21-20(22(29)27(2)23(26)30)28(16-17-11-7-6-8-12-17)19(25-21)15-24-18-13-9-4-3-5-10-14-18/h6-8,11-12,18,24H,3-5,9-10,13-16H2,1-2H3. The quantitative estimate of drug-likeness (QED) is 0.703. The van der Waals surface area contributed by atoms with E-state index in [-0.39, 0.29) is 11.2 Å². The van der Waals surface area contributed by atoms with Crippen LogP contribution in [0, 0.1) is 0 Å². The molecule has 1 fully saturated rings. The van der Waals surface area contributed by atoms with Crippen molar-refractivity contribution in [2.45, 2.75) is 64.1 Å². The third kappa shape index (κ3) is 4.12. The second-order valence-electron chi connectivity index (χ2n) is 8.40. The van der Waals surface area contributed by atoms with Gasteiger partial charge in [0.25, 0.3) is 5.56 Å². The summed E-state index contributed by atoms with van der Waals surface area (Å²) < 4.78 is 4.61. The van der Waals surface area contributed by atoms with Crippen molar-refractivity contribution < 1.29 is 0 Å². The fraction of sp³-hybridized carbons (Fsp3) is 0.522. The molecule has 2 aromatic heterocycles. The first kappa shape index (κ1) is 20.6. The second kappa shape index (κ2) is 9.00. The van der Waals surface area contributed by atoms with Crippen LogP contribution in [0.2, 0.25) is 0 Å². The minimum atomic E-state index is -0.351. The smallest absolute Gasteiger partial charge is 0.317 e. The number of hydrogen-bond acceptors (Lipinski definition) is 4. The number of imidazole rings is 1. The van der Waals surface area contributed by atoms with E-state index in [2.05, 4.69) is 5.32 Å². The lowest BCUT2D eigenvalue weighted by Gasteiger charge is -2.21. The first-order valence-corrected chi connectivity index (χ1v) is 11.0. The van der Waals surface area contributed by atoms with Gasteiger partial charge in [-0.3, -0.25) is 13.9 Å². The molecule has 4 rings (SSSR count). The monoisotopic (exact) mass is 409 g/mol. The zero-order valence-corrected chi connectivity index (χ0v) is 17.9. The minimum Gasteiger partial charge on any atom is -0.317 e. The van der Waals surface area contributed by atoms with Crippen LogP contribution >= 0.6 is 0 Å². The molecule has 0 radical (unpaired) electrons. The number of hydrogen-bond donors (Lipinski definition) is 1. The molecule has 1 aliphatic carbocycles. The lowest BCUT2D eigenvalue weighted by molar-refractivity contribution is 0.384. The van der Waals surface area contributed by atoms with Crippen molar-refractivity contribution in [2.24, 2.45) is 14.1 Å². The van der Waals surface area contributed by atoms with Crippen LogP contribution in [0.4, 0.5) is 0 Å². The van der Waals surface area contributed by atoms with Gasteiger partial charge in [0.15, 0.2) is 11.2 Å².